The summed E-state index contributed by atoms with van der Waals surface area (Å²) in [7, 11) is 0. The summed E-state index contributed by atoms with van der Waals surface area (Å²) < 4.78 is 9.30. The van der Waals surface area contributed by atoms with Crippen LogP contribution in [0.25, 0.3) is 15.9 Å². The van der Waals surface area contributed by atoms with Gasteiger partial charge >= 0.3 is 5.97 Å². The van der Waals surface area contributed by atoms with Crippen LogP contribution >= 0.6 is 34.9 Å². The Kier molecular flexibility index (Phi) is 7.61. The molecule has 0 aliphatic carbocycles. The highest BCUT2D eigenvalue weighted by atomic mass is 32.2. The molecule has 0 amide bonds. The molecule has 0 saturated carbocycles. The number of nitrogens with zero attached hydrogens (tertiary/aromatic N) is 4. The maximum Gasteiger partial charge on any atom is 0.305 e. The molecule has 2 heterocycles. The molecule has 0 N–H and O–H groups in total. The summed E-state index contributed by atoms with van der Waals surface area (Å²) in [5, 5.41) is 9.72. The van der Waals surface area contributed by atoms with Gasteiger partial charge in [-0.05, 0) is 37.6 Å². The Hall–Kier alpha value is -2.36. The third kappa shape index (κ3) is 5.66. The molecule has 2 aromatic heterocycles. The third-order valence-corrected chi connectivity index (χ3v) is 7.57. The fourth-order valence-corrected chi connectivity index (χ4v) is 5.87. The quantitative estimate of drug-likeness (QED) is 0.170. The van der Waals surface area contributed by atoms with E-state index in [1.165, 1.54) is 4.70 Å². The van der Waals surface area contributed by atoms with Gasteiger partial charge in [0.15, 0.2) is 9.50 Å². The lowest BCUT2D eigenvalue weighted by atomic mass is 10.3. The second-order valence-electron chi connectivity index (χ2n) is 6.56. The first-order valence-corrected chi connectivity index (χ1v) is 12.8. The molecule has 2 aromatic carbocycles. The van der Waals surface area contributed by atoms with Crippen molar-refractivity contribution in [1.82, 2.24) is 19.7 Å². The van der Waals surface area contributed by atoms with Gasteiger partial charge < -0.3 is 4.74 Å². The van der Waals surface area contributed by atoms with Crippen LogP contribution in [0.3, 0.4) is 0 Å². The van der Waals surface area contributed by atoms with Crippen molar-refractivity contribution in [1.29, 1.82) is 0 Å². The van der Waals surface area contributed by atoms with Crippen LogP contribution in [0.2, 0.25) is 0 Å². The number of carbonyl (C=O) groups is 1. The van der Waals surface area contributed by atoms with Gasteiger partial charge in [0, 0.05) is 17.9 Å². The number of hydrogen-bond donors (Lipinski definition) is 0. The summed E-state index contributed by atoms with van der Waals surface area (Å²) in [6.45, 7) is 2.24. The standard InChI is InChI=1S/C22H22N4O2S3/c1-2-28-20(27)13-8-14-29-21-25-24-19(26(21)16-9-4-3-5-10-16)15-30-22-23-17-11-6-7-12-18(17)31-22/h3-7,9-12H,2,8,13-15H2,1H3. The van der Waals surface area contributed by atoms with E-state index in [4.69, 9.17) is 9.72 Å². The highest BCUT2D eigenvalue weighted by Gasteiger charge is 2.16. The second kappa shape index (κ2) is 10.8. The predicted molar refractivity (Wildman–Crippen MR) is 127 cm³/mol. The molecule has 31 heavy (non-hydrogen) atoms. The zero-order valence-electron chi connectivity index (χ0n) is 17.1. The molecule has 0 aliphatic rings. The average molecular weight is 471 g/mol. The Balaban J connectivity index is 1.47. The maximum atomic E-state index is 11.6. The normalized spacial score (nSPS) is 11.1. The van der Waals surface area contributed by atoms with Gasteiger partial charge in [0.2, 0.25) is 0 Å². The first kappa shape index (κ1) is 21.9. The highest BCUT2D eigenvalue weighted by Crippen LogP contribution is 2.32. The minimum Gasteiger partial charge on any atom is -0.466 e. The number of hydrogen-bond acceptors (Lipinski definition) is 8. The lowest BCUT2D eigenvalue weighted by Gasteiger charge is -2.09. The zero-order chi connectivity index (χ0) is 21.5. The number of thiazole rings is 1. The summed E-state index contributed by atoms with van der Waals surface area (Å²) in [4.78, 5) is 16.3. The molecule has 160 valence electrons. The van der Waals surface area contributed by atoms with Gasteiger partial charge in [-0.2, -0.15) is 0 Å². The van der Waals surface area contributed by atoms with Crippen LogP contribution in [0.15, 0.2) is 64.1 Å². The molecule has 0 spiro atoms. The van der Waals surface area contributed by atoms with Crippen molar-refractivity contribution in [3.05, 3.63) is 60.4 Å². The fraction of sp³-hybridized carbons (Fsp3) is 0.273. The zero-order valence-corrected chi connectivity index (χ0v) is 19.5. The highest BCUT2D eigenvalue weighted by molar-refractivity contribution is 8.00. The Morgan fingerprint density at radius 2 is 1.87 bits per heavy atom. The lowest BCUT2D eigenvalue weighted by Crippen LogP contribution is -2.04. The van der Waals surface area contributed by atoms with Gasteiger partial charge in [0.1, 0.15) is 5.82 Å². The molecule has 0 aliphatic heterocycles. The number of benzene rings is 2. The Bertz CT molecular complexity index is 1110. The summed E-state index contributed by atoms with van der Waals surface area (Å²) in [6.07, 6.45) is 1.15. The summed E-state index contributed by atoms with van der Waals surface area (Å²) in [5.41, 5.74) is 2.05. The molecule has 4 aromatic rings. The van der Waals surface area contributed by atoms with E-state index in [0.29, 0.717) is 18.8 Å². The first-order valence-electron chi connectivity index (χ1n) is 10.0. The number of ether oxygens (including phenoxy) is 1. The van der Waals surface area contributed by atoms with E-state index in [2.05, 4.69) is 33.0 Å². The Labute approximate surface area is 193 Å². The van der Waals surface area contributed by atoms with E-state index in [9.17, 15) is 4.79 Å². The number of para-hydroxylation sites is 2. The third-order valence-electron chi connectivity index (χ3n) is 4.38. The maximum absolute atomic E-state index is 11.6. The summed E-state index contributed by atoms with van der Waals surface area (Å²) >= 11 is 4.97. The lowest BCUT2D eigenvalue weighted by molar-refractivity contribution is -0.143. The van der Waals surface area contributed by atoms with E-state index in [1.807, 2.05) is 43.3 Å². The number of carbonyl (C=O) groups excluding carboxylic acids is 1. The second-order valence-corrected chi connectivity index (χ2v) is 9.88. The number of fused-ring (bicyclic) bond motifs is 1. The van der Waals surface area contributed by atoms with E-state index < -0.39 is 0 Å². The van der Waals surface area contributed by atoms with Gasteiger partial charge in [-0.1, -0.05) is 53.9 Å². The SMILES string of the molecule is CCOC(=O)CCCSc1nnc(CSc2nc3ccccc3s2)n1-c1ccccc1. The monoisotopic (exact) mass is 470 g/mol. The molecule has 4 rings (SSSR count). The van der Waals surface area contributed by atoms with Crippen molar-refractivity contribution in [2.45, 2.75) is 35.0 Å². The van der Waals surface area contributed by atoms with E-state index >= 15 is 0 Å². The fourth-order valence-electron chi connectivity index (χ4n) is 2.98. The smallest absolute Gasteiger partial charge is 0.305 e. The average Bonchev–Trinajstić information content (AvgIpc) is 3.39. The molecular formula is C22H22N4O2S3. The van der Waals surface area contributed by atoms with Crippen LogP contribution in [-0.4, -0.2) is 38.1 Å². The van der Waals surface area contributed by atoms with E-state index in [1.54, 1.807) is 34.9 Å². The molecule has 0 atom stereocenters. The van der Waals surface area contributed by atoms with Crippen molar-refractivity contribution in [3.63, 3.8) is 0 Å². The molecule has 0 saturated heterocycles. The van der Waals surface area contributed by atoms with Gasteiger partial charge in [-0.25, -0.2) is 4.98 Å². The van der Waals surface area contributed by atoms with Crippen LogP contribution in [0.5, 0.6) is 0 Å². The Morgan fingerprint density at radius 3 is 2.68 bits per heavy atom. The molecule has 0 fully saturated rings. The van der Waals surface area contributed by atoms with Gasteiger partial charge in [0.25, 0.3) is 0 Å². The first-order chi connectivity index (χ1) is 15.2. The molecule has 9 heteroatoms. The summed E-state index contributed by atoms with van der Waals surface area (Å²) in [6, 6.07) is 18.3. The summed E-state index contributed by atoms with van der Waals surface area (Å²) in [5.74, 6) is 2.17. The minimum atomic E-state index is -0.152. The van der Waals surface area contributed by atoms with Gasteiger partial charge in [0.05, 0.1) is 22.6 Å². The number of thioether (sulfide) groups is 2. The molecule has 0 radical (unpaired) electrons. The van der Waals surface area contributed by atoms with Crippen molar-refractivity contribution in [3.8, 4) is 5.69 Å². The van der Waals surface area contributed by atoms with Gasteiger partial charge in [-0.15, -0.1) is 21.5 Å². The van der Waals surface area contributed by atoms with Crippen LogP contribution in [0.4, 0.5) is 0 Å². The molecular weight excluding hydrogens is 448 g/mol. The molecule has 6 nitrogen and oxygen atoms in total. The van der Waals surface area contributed by atoms with Gasteiger partial charge in [-0.3, -0.25) is 9.36 Å². The van der Waals surface area contributed by atoms with Crippen molar-refractivity contribution >= 4 is 51.0 Å². The van der Waals surface area contributed by atoms with Crippen molar-refractivity contribution in [2.75, 3.05) is 12.4 Å². The topological polar surface area (TPSA) is 69.9 Å². The van der Waals surface area contributed by atoms with Crippen molar-refractivity contribution < 1.29 is 9.53 Å². The van der Waals surface area contributed by atoms with Crippen LogP contribution in [0.1, 0.15) is 25.6 Å². The molecule has 0 bridgehead atoms. The van der Waals surface area contributed by atoms with E-state index in [0.717, 1.165) is 38.7 Å². The van der Waals surface area contributed by atoms with Crippen molar-refractivity contribution in [2.24, 2.45) is 0 Å². The number of esters is 1. The van der Waals surface area contributed by atoms with Crippen LogP contribution in [0, 0.1) is 0 Å². The van der Waals surface area contributed by atoms with Crippen LogP contribution < -0.4 is 0 Å². The number of rotatable bonds is 10. The number of aromatic nitrogens is 4. The Morgan fingerprint density at radius 1 is 1.06 bits per heavy atom. The van der Waals surface area contributed by atoms with Crippen LogP contribution in [-0.2, 0) is 15.3 Å². The largest absolute Gasteiger partial charge is 0.466 e. The molecule has 0 unspecified atom stereocenters. The minimum absolute atomic E-state index is 0.152. The van der Waals surface area contributed by atoms with E-state index in [-0.39, 0.29) is 5.97 Å². The predicted octanol–water partition coefficient (Wildman–Crippen LogP) is 5.60.